The fourth-order valence-electron chi connectivity index (χ4n) is 5.21. The minimum Gasteiger partial charge on any atom is -0.489 e. The van der Waals surface area contributed by atoms with Gasteiger partial charge in [-0.1, -0.05) is 13.0 Å². The third kappa shape index (κ3) is 7.02. The average Bonchev–Trinajstić information content (AvgIpc) is 3.45. The highest BCUT2D eigenvalue weighted by Crippen LogP contribution is 2.25. The highest BCUT2D eigenvalue weighted by atomic mass is 16.5. The highest BCUT2D eigenvalue weighted by molar-refractivity contribution is 5.76. The molecule has 10 heteroatoms. The standard InChI is InChI=1S/C32H39N5O5/c1-4-31(39)37-15-13-24(19-37)42-23-10-8-21(9-11-23)34-32(40)35-22-7-6-20(3)27(16-22)36-26-12-14-33-28-18-29(38)30(41-5-2)17-25(26)28/h6-12,14,16-18,24,29-30,32,34-36,38,40H,4-5,13,15,19H2,1-3H3. The number of aromatic nitrogens is 1. The molecule has 4 atom stereocenters. The number of ether oxygens (including phenoxy) is 2. The summed E-state index contributed by atoms with van der Waals surface area (Å²) >= 11 is 0. The number of carbonyl (C=O) groups is 1. The number of pyridine rings is 1. The normalized spacial score (nSPS) is 20.1. The van der Waals surface area contributed by atoms with Gasteiger partial charge in [-0.2, -0.15) is 0 Å². The molecule has 1 aliphatic carbocycles. The SMILES string of the molecule is CCOC1C=c2c(Nc3cc(NC(O)Nc4ccc(OC5CCN(C(=O)CC)C5)cc4)ccc3C)ccnc2=CC1O. The summed E-state index contributed by atoms with van der Waals surface area (Å²) in [5, 5.41) is 32.3. The van der Waals surface area contributed by atoms with Crippen molar-refractivity contribution in [2.45, 2.75) is 58.3 Å². The van der Waals surface area contributed by atoms with E-state index >= 15 is 0 Å². The molecule has 2 heterocycles. The van der Waals surface area contributed by atoms with Gasteiger partial charge < -0.3 is 40.5 Å². The number of rotatable bonds is 11. The van der Waals surface area contributed by atoms with Gasteiger partial charge in [-0.3, -0.25) is 9.78 Å². The molecule has 42 heavy (non-hydrogen) atoms. The number of hydrogen-bond donors (Lipinski definition) is 5. The summed E-state index contributed by atoms with van der Waals surface area (Å²) in [6.45, 7) is 7.61. The molecule has 2 aromatic carbocycles. The summed E-state index contributed by atoms with van der Waals surface area (Å²) in [6, 6.07) is 15.1. The van der Waals surface area contributed by atoms with Gasteiger partial charge in [0.2, 0.25) is 12.3 Å². The molecule has 1 saturated heterocycles. The van der Waals surface area contributed by atoms with E-state index in [0.717, 1.165) is 52.2 Å². The van der Waals surface area contributed by atoms with E-state index in [2.05, 4.69) is 20.9 Å². The first-order chi connectivity index (χ1) is 20.3. The molecule has 0 bridgehead atoms. The molecule has 1 aromatic heterocycles. The highest BCUT2D eigenvalue weighted by Gasteiger charge is 2.26. The van der Waals surface area contributed by atoms with Crippen LogP contribution in [0.1, 0.15) is 32.3 Å². The monoisotopic (exact) mass is 573 g/mol. The summed E-state index contributed by atoms with van der Waals surface area (Å²) in [5.74, 6) is 0.881. The van der Waals surface area contributed by atoms with Gasteiger partial charge in [-0.05, 0) is 74.0 Å². The number of carbonyl (C=O) groups excluding carboxylic acids is 1. The molecule has 1 fully saturated rings. The van der Waals surface area contributed by atoms with Crippen LogP contribution in [0.5, 0.6) is 5.75 Å². The van der Waals surface area contributed by atoms with Gasteiger partial charge in [0.25, 0.3) is 0 Å². The largest absolute Gasteiger partial charge is 0.489 e. The van der Waals surface area contributed by atoms with Crippen LogP contribution in [0.3, 0.4) is 0 Å². The van der Waals surface area contributed by atoms with E-state index in [1.165, 1.54) is 0 Å². The average molecular weight is 574 g/mol. The first-order valence-corrected chi connectivity index (χ1v) is 14.4. The fraction of sp³-hybridized carbons (Fsp3) is 0.375. The van der Waals surface area contributed by atoms with Crippen molar-refractivity contribution in [2.75, 3.05) is 35.6 Å². The third-order valence-electron chi connectivity index (χ3n) is 7.45. The molecule has 1 amide bonds. The Morgan fingerprint density at radius 1 is 1.07 bits per heavy atom. The lowest BCUT2D eigenvalue weighted by molar-refractivity contribution is -0.130. The Morgan fingerprint density at radius 3 is 2.60 bits per heavy atom. The number of anilines is 4. The molecular weight excluding hydrogens is 534 g/mol. The van der Waals surface area contributed by atoms with E-state index in [1.807, 2.05) is 80.3 Å². The molecule has 0 spiro atoms. The number of nitrogens with zero attached hydrogens (tertiary/aromatic N) is 2. The van der Waals surface area contributed by atoms with E-state index in [4.69, 9.17) is 9.47 Å². The van der Waals surface area contributed by atoms with Crippen molar-refractivity contribution in [1.82, 2.24) is 9.88 Å². The first-order valence-electron chi connectivity index (χ1n) is 14.4. The van der Waals surface area contributed by atoms with Crippen LogP contribution in [0, 0.1) is 6.92 Å². The van der Waals surface area contributed by atoms with Crippen molar-refractivity contribution in [2.24, 2.45) is 0 Å². The summed E-state index contributed by atoms with van der Waals surface area (Å²) < 4.78 is 11.7. The number of amides is 1. The predicted octanol–water partition coefficient (Wildman–Crippen LogP) is 2.66. The summed E-state index contributed by atoms with van der Waals surface area (Å²) in [5.41, 5.74) is 4.17. The van der Waals surface area contributed by atoms with Gasteiger partial charge >= 0.3 is 0 Å². The number of likely N-dealkylation sites (tertiary alicyclic amines) is 1. The molecule has 0 saturated carbocycles. The van der Waals surface area contributed by atoms with Crippen LogP contribution < -0.4 is 31.3 Å². The number of fused-ring (bicyclic) bond motifs is 1. The Bertz CT molecular complexity index is 1510. The van der Waals surface area contributed by atoms with Gasteiger partial charge in [-0.15, -0.1) is 0 Å². The maximum Gasteiger partial charge on any atom is 0.222 e. The maximum atomic E-state index is 11.9. The van der Waals surface area contributed by atoms with Crippen molar-refractivity contribution >= 4 is 40.8 Å². The Balaban J connectivity index is 1.21. The van der Waals surface area contributed by atoms with Crippen LogP contribution in [0.15, 0.2) is 54.7 Å². The van der Waals surface area contributed by atoms with E-state index in [0.29, 0.717) is 24.9 Å². The predicted molar refractivity (Wildman–Crippen MR) is 164 cm³/mol. The Morgan fingerprint density at radius 2 is 1.83 bits per heavy atom. The minimum absolute atomic E-state index is 0.0118. The second-order valence-electron chi connectivity index (χ2n) is 10.5. The zero-order valence-corrected chi connectivity index (χ0v) is 24.2. The van der Waals surface area contributed by atoms with Crippen LogP contribution in [-0.4, -0.2) is 70.4 Å². The summed E-state index contributed by atoms with van der Waals surface area (Å²) in [7, 11) is 0. The molecule has 4 unspecified atom stereocenters. The van der Waals surface area contributed by atoms with Gasteiger partial charge in [-0.25, -0.2) is 0 Å². The van der Waals surface area contributed by atoms with Gasteiger partial charge in [0.05, 0.1) is 11.9 Å². The van der Waals surface area contributed by atoms with Crippen molar-refractivity contribution in [1.29, 1.82) is 0 Å². The van der Waals surface area contributed by atoms with Crippen molar-refractivity contribution in [3.8, 4) is 5.75 Å². The molecule has 2 aliphatic rings. The molecule has 1 aliphatic heterocycles. The molecule has 3 aromatic rings. The topological polar surface area (TPSA) is 128 Å². The number of aliphatic hydroxyl groups is 2. The quantitative estimate of drug-likeness (QED) is 0.220. The second kappa shape index (κ2) is 13.2. The molecule has 5 N–H and O–H groups in total. The molecule has 222 valence electrons. The summed E-state index contributed by atoms with van der Waals surface area (Å²) in [6.07, 6.45) is 4.41. The molecule has 10 nitrogen and oxygen atoms in total. The zero-order chi connectivity index (χ0) is 29.6. The lowest BCUT2D eigenvalue weighted by atomic mass is 10.0. The number of benzene rings is 2. The zero-order valence-electron chi connectivity index (χ0n) is 24.2. The van der Waals surface area contributed by atoms with Gasteiger partial charge in [0, 0.05) is 60.2 Å². The Hall–Kier alpha value is -4.12. The molecular formula is C32H39N5O5. The second-order valence-corrected chi connectivity index (χ2v) is 10.5. The molecule has 0 radical (unpaired) electrons. The Kier molecular flexibility index (Phi) is 9.26. The lowest BCUT2D eigenvalue weighted by Crippen LogP contribution is -2.41. The number of aryl methyl sites for hydroxylation is 1. The maximum absolute atomic E-state index is 11.9. The van der Waals surface area contributed by atoms with E-state index in [-0.39, 0.29) is 12.0 Å². The van der Waals surface area contributed by atoms with Crippen molar-refractivity contribution < 1.29 is 24.5 Å². The smallest absolute Gasteiger partial charge is 0.222 e. The van der Waals surface area contributed by atoms with Gasteiger partial charge in [0.15, 0.2) is 0 Å². The van der Waals surface area contributed by atoms with Crippen LogP contribution in [0.25, 0.3) is 12.2 Å². The Labute approximate surface area is 245 Å². The third-order valence-corrected chi connectivity index (χ3v) is 7.45. The first kappa shape index (κ1) is 29.4. The molecule has 5 rings (SSSR count). The number of hydrogen-bond acceptors (Lipinski definition) is 9. The van der Waals surface area contributed by atoms with E-state index < -0.39 is 18.6 Å². The van der Waals surface area contributed by atoms with Crippen LogP contribution in [0.4, 0.5) is 22.7 Å². The van der Waals surface area contributed by atoms with Crippen LogP contribution >= 0.6 is 0 Å². The summed E-state index contributed by atoms with van der Waals surface area (Å²) in [4.78, 5) is 18.2. The van der Waals surface area contributed by atoms with Crippen LogP contribution in [0.2, 0.25) is 0 Å². The van der Waals surface area contributed by atoms with Crippen LogP contribution in [-0.2, 0) is 9.53 Å². The van der Waals surface area contributed by atoms with Crippen molar-refractivity contribution in [3.63, 3.8) is 0 Å². The number of nitrogens with one attached hydrogen (secondary N) is 3. The van der Waals surface area contributed by atoms with Gasteiger partial charge in [0.1, 0.15) is 24.1 Å². The van der Waals surface area contributed by atoms with E-state index in [9.17, 15) is 15.0 Å². The lowest BCUT2D eigenvalue weighted by Gasteiger charge is -2.21. The minimum atomic E-state index is -1.04. The fourth-order valence-corrected chi connectivity index (χ4v) is 5.21. The van der Waals surface area contributed by atoms with E-state index in [1.54, 1.807) is 12.3 Å². The van der Waals surface area contributed by atoms with Crippen molar-refractivity contribution in [3.05, 3.63) is 70.9 Å². The number of aliphatic hydroxyl groups excluding tert-OH is 2.